The lowest BCUT2D eigenvalue weighted by molar-refractivity contribution is 0.108. The number of benzene rings is 1. The second-order valence-electron chi connectivity index (χ2n) is 2.53. The summed E-state index contributed by atoms with van der Waals surface area (Å²) in [5, 5.41) is -1.22. The molecule has 1 aromatic carbocycles. The predicted molar refractivity (Wildman–Crippen MR) is 54.5 cm³/mol. The molecule has 14 heavy (non-hydrogen) atoms. The minimum atomic E-state index is -3.50. The van der Waals surface area contributed by atoms with E-state index in [1.54, 1.807) is 0 Å². The lowest BCUT2D eigenvalue weighted by atomic mass is 10.2. The topological polar surface area (TPSA) is 51.2 Å². The van der Waals surface area contributed by atoms with Crippen LogP contribution in [-0.4, -0.2) is 18.9 Å². The van der Waals surface area contributed by atoms with Crippen LogP contribution in [0.5, 0.6) is 0 Å². The Kier molecular flexibility index (Phi) is 3.53. The van der Waals surface area contributed by atoms with Gasteiger partial charge in [-0.1, -0.05) is 12.1 Å². The van der Waals surface area contributed by atoms with Crippen LogP contribution in [0, 0.1) is 0 Å². The van der Waals surface area contributed by atoms with Crippen molar-refractivity contribution in [3.8, 4) is 0 Å². The maximum atomic E-state index is 11.3. The number of rotatable bonds is 3. The molecule has 0 aliphatic rings. The first-order valence-electron chi connectivity index (χ1n) is 3.56. The number of halogens is 2. The second kappa shape index (κ2) is 4.29. The fourth-order valence-corrected chi connectivity index (χ4v) is 2.09. The molecule has 0 N–H and O–H groups in total. The molecule has 1 rings (SSSR count). The van der Waals surface area contributed by atoms with Gasteiger partial charge >= 0.3 is 0 Å². The van der Waals surface area contributed by atoms with Gasteiger partial charge in [0.15, 0.2) is 9.84 Å². The van der Waals surface area contributed by atoms with Crippen LogP contribution in [0.15, 0.2) is 29.2 Å². The van der Waals surface area contributed by atoms with Gasteiger partial charge in [0.05, 0.1) is 4.90 Å². The zero-order valence-electron chi connectivity index (χ0n) is 6.91. The van der Waals surface area contributed by atoms with Crippen molar-refractivity contribution < 1.29 is 13.2 Å². The zero-order chi connectivity index (χ0) is 10.8. The molecule has 0 unspecified atom stereocenters. The Bertz CT molecular complexity index is 453. The normalized spacial score (nSPS) is 11.3. The van der Waals surface area contributed by atoms with Crippen molar-refractivity contribution in [2.24, 2.45) is 0 Å². The molecule has 0 spiro atoms. The van der Waals surface area contributed by atoms with Crippen LogP contribution in [0.2, 0.25) is 0 Å². The molecule has 0 radical (unpaired) electrons. The standard InChI is InChI=1S/C8H6Cl2O3S/c9-5-14(12,13)7-3-1-2-6(4-7)8(10)11/h1-4H,5H2. The Balaban J connectivity index is 3.26. The van der Waals surface area contributed by atoms with Crippen LogP contribution in [-0.2, 0) is 9.84 Å². The van der Waals surface area contributed by atoms with Gasteiger partial charge in [0.25, 0.3) is 5.24 Å². The molecule has 0 aliphatic carbocycles. The average molecular weight is 253 g/mol. The smallest absolute Gasteiger partial charge is 0.252 e. The van der Waals surface area contributed by atoms with Crippen LogP contribution in [0.1, 0.15) is 10.4 Å². The summed E-state index contributed by atoms with van der Waals surface area (Å²) in [4.78, 5) is 10.7. The average Bonchev–Trinajstić information content (AvgIpc) is 2.18. The van der Waals surface area contributed by atoms with E-state index >= 15 is 0 Å². The minimum Gasteiger partial charge on any atom is -0.276 e. The summed E-state index contributed by atoms with van der Waals surface area (Å²) in [7, 11) is -3.50. The number of hydrogen-bond donors (Lipinski definition) is 0. The van der Waals surface area contributed by atoms with Gasteiger partial charge in [-0.3, -0.25) is 4.79 Å². The van der Waals surface area contributed by atoms with Crippen molar-refractivity contribution in [2.45, 2.75) is 4.90 Å². The molecule has 0 fully saturated rings. The molecule has 0 bridgehead atoms. The van der Waals surface area contributed by atoms with Gasteiger partial charge in [0.1, 0.15) is 5.21 Å². The number of sulfone groups is 1. The van der Waals surface area contributed by atoms with Crippen molar-refractivity contribution >= 4 is 38.3 Å². The zero-order valence-corrected chi connectivity index (χ0v) is 9.23. The molecule has 0 amide bonds. The van der Waals surface area contributed by atoms with Gasteiger partial charge in [-0.2, -0.15) is 0 Å². The van der Waals surface area contributed by atoms with E-state index in [0.29, 0.717) is 0 Å². The van der Waals surface area contributed by atoms with Crippen LogP contribution in [0.4, 0.5) is 0 Å². The summed E-state index contributed by atoms with van der Waals surface area (Å²) in [5.74, 6) is 0. The highest BCUT2D eigenvalue weighted by molar-refractivity contribution is 7.92. The highest BCUT2D eigenvalue weighted by Gasteiger charge is 2.14. The summed E-state index contributed by atoms with van der Waals surface area (Å²) < 4.78 is 22.6. The van der Waals surface area contributed by atoms with E-state index in [0.717, 1.165) is 0 Å². The molecule has 0 aromatic heterocycles. The second-order valence-corrected chi connectivity index (χ2v) is 5.44. The third-order valence-electron chi connectivity index (χ3n) is 1.56. The number of carbonyl (C=O) groups is 1. The maximum absolute atomic E-state index is 11.3. The van der Waals surface area contributed by atoms with Gasteiger partial charge in [0.2, 0.25) is 0 Å². The molecule has 76 valence electrons. The van der Waals surface area contributed by atoms with E-state index in [4.69, 9.17) is 23.2 Å². The Hall–Kier alpha value is -0.580. The Morgan fingerprint density at radius 3 is 2.50 bits per heavy atom. The number of hydrogen-bond acceptors (Lipinski definition) is 3. The summed E-state index contributed by atoms with van der Waals surface area (Å²) in [5.41, 5.74) is 0.137. The Morgan fingerprint density at radius 1 is 1.36 bits per heavy atom. The lowest BCUT2D eigenvalue weighted by Crippen LogP contribution is -2.03. The van der Waals surface area contributed by atoms with Crippen molar-refractivity contribution in [2.75, 3.05) is 5.21 Å². The highest BCUT2D eigenvalue weighted by atomic mass is 35.5. The van der Waals surface area contributed by atoms with Crippen LogP contribution < -0.4 is 0 Å². The number of alkyl halides is 1. The molecule has 1 aromatic rings. The van der Waals surface area contributed by atoms with Crippen molar-refractivity contribution in [3.05, 3.63) is 29.8 Å². The number of carbonyl (C=O) groups excluding carboxylic acids is 1. The fraction of sp³-hybridized carbons (Fsp3) is 0.125. The van der Waals surface area contributed by atoms with Crippen LogP contribution >= 0.6 is 23.2 Å². The highest BCUT2D eigenvalue weighted by Crippen LogP contribution is 2.15. The monoisotopic (exact) mass is 252 g/mol. The molecule has 0 aliphatic heterocycles. The predicted octanol–water partition coefficient (Wildman–Crippen LogP) is 2.04. The molecule has 6 heteroatoms. The Labute approximate surface area is 91.6 Å². The molecular formula is C8H6Cl2O3S. The van der Waals surface area contributed by atoms with E-state index in [-0.39, 0.29) is 10.5 Å². The summed E-state index contributed by atoms with van der Waals surface area (Å²) in [6, 6.07) is 5.44. The minimum absolute atomic E-state index is 0.000926. The van der Waals surface area contributed by atoms with Gasteiger partial charge in [-0.25, -0.2) is 8.42 Å². The molecular weight excluding hydrogens is 247 g/mol. The van der Waals surface area contributed by atoms with Crippen LogP contribution in [0.3, 0.4) is 0 Å². The van der Waals surface area contributed by atoms with Crippen molar-refractivity contribution in [3.63, 3.8) is 0 Å². The van der Waals surface area contributed by atoms with Crippen molar-refractivity contribution in [1.29, 1.82) is 0 Å². The van der Waals surface area contributed by atoms with E-state index in [9.17, 15) is 13.2 Å². The van der Waals surface area contributed by atoms with Gasteiger partial charge in [0, 0.05) is 5.56 Å². The van der Waals surface area contributed by atoms with E-state index in [2.05, 4.69) is 0 Å². The largest absolute Gasteiger partial charge is 0.276 e. The first kappa shape index (κ1) is 11.5. The van der Waals surface area contributed by atoms with Gasteiger partial charge in [-0.15, -0.1) is 11.6 Å². The third kappa shape index (κ3) is 2.47. The first-order chi connectivity index (χ1) is 6.47. The lowest BCUT2D eigenvalue weighted by Gasteiger charge is -2.00. The van der Waals surface area contributed by atoms with E-state index < -0.39 is 20.3 Å². The SMILES string of the molecule is O=C(Cl)c1cccc(S(=O)(=O)CCl)c1. The fourth-order valence-electron chi connectivity index (χ4n) is 0.875. The maximum Gasteiger partial charge on any atom is 0.252 e. The van der Waals surface area contributed by atoms with Crippen LogP contribution in [0.25, 0.3) is 0 Å². The van der Waals surface area contributed by atoms with Gasteiger partial charge in [-0.05, 0) is 23.7 Å². The molecule has 0 heterocycles. The van der Waals surface area contributed by atoms with Crippen molar-refractivity contribution in [1.82, 2.24) is 0 Å². The summed E-state index contributed by atoms with van der Waals surface area (Å²) >= 11 is 10.5. The molecule has 0 atom stereocenters. The van der Waals surface area contributed by atoms with E-state index in [1.165, 1.54) is 24.3 Å². The molecule has 0 saturated carbocycles. The summed E-state index contributed by atoms with van der Waals surface area (Å²) in [6.45, 7) is 0. The quantitative estimate of drug-likeness (QED) is 0.611. The first-order valence-corrected chi connectivity index (χ1v) is 6.12. The third-order valence-corrected chi connectivity index (χ3v) is 3.90. The molecule has 0 saturated heterocycles. The molecule has 3 nitrogen and oxygen atoms in total. The Morgan fingerprint density at radius 2 is 2.00 bits per heavy atom. The van der Waals surface area contributed by atoms with Gasteiger partial charge < -0.3 is 0 Å². The summed E-state index contributed by atoms with van der Waals surface area (Å²) in [6.07, 6.45) is 0. The van der Waals surface area contributed by atoms with E-state index in [1.807, 2.05) is 0 Å².